The monoisotopic (exact) mass is 279 g/mol. The van der Waals surface area contributed by atoms with Crippen molar-refractivity contribution in [2.45, 2.75) is 26.8 Å². The third-order valence-corrected chi connectivity index (χ3v) is 4.27. The summed E-state index contributed by atoms with van der Waals surface area (Å²) in [6.07, 6.45) is 0. The number of benzene rings is 1. The van der Waals surface area contributed by atoms with Gasteiger partial charge in [-0.25, -0.2) is 0 Å². The van der Waals surface area contributed by atoms with Crippen LogP contribution in [-0.4, -0.2) is 6.54 Å². The molecule has 0 saturated heterocycles. The summed E-state index contributed by atoms with van der Waals surface area (Å²) in [5, 5.41) is 6.50. The first-order chi connectivity index (χ1) is 8.63. The fourth-order valence-electron chi connectivity index (χ4n) is 2.21. The molecular formula is C15H18ClNS. The van der Waals surface area contributed by atoms with Gasteiger partial charge >= 0.3 is 0 Å². The molecule has 0 bridgehead atoms. The maximum Gasteiger partial charge on any atom is 0.0590 e. The van der Waals surface area contributed by atoms with Crippen LogP contribution in [-0.2, 0) is 0 Å². The second-order valence-electron chi connectivity index (χ2n) is 4.42. The lowest BCUT2D eigenvalue weighted by molar-refractivity contribution is 0.627. The largest absolute Gasteiger partial charge is 0.306 e. The Morgan fingerprint density at radius 3 is 2.61 bits per heavy atom. The highest BCUT2D eigenvalue weighted by Crippen LogP contribution is 2.31. The Hall–Kier alpha value is -0.830. The van der Waals surface area contributed by atoms with Crippen molar-refractivity contribution in [2.24, 2.45) is 0 Å². The van der Waals surface area contributed by atoms with Crippen molar-refractivity contribution in [1.29, 1.82) is 0 Å². The van der Waals surface area contributed by atoms with Gasteiger partial charge in [0, 0.05) is 9.90 Å². The molecule has 2 rings (SSSR count). The second kappa shape index (κ2) is 5.87. The van der Waals surface area contributed by atoms with Crippen LogP contribution in [0.3, 0.4) is 0 Å². The lowest BCUT2D eigenvalue weighted by Gasteiger charge is -2.21. The van der Waals surface area contributed by atoms with Crippen LogP contribution in [0.5, 0.6) is 0 Å². The fourth-order valence-corrected chi connectivity index (χ4v) is 3.13. The summed E-state index contributed by atoms with van der Waals surface area (Å²) in [4.78, 5) is 1.36. The van der Waals surface area contributed by atoms with Crippen LogP contribution >= 0.6 is 22.9 Å². The highest BCUT2D eigenvalue weighted by atomic mass is 35.5. The van der Waals surface area contributed by atoms with Crippen molar-refractivity contribution in [3.63, 3.8) is 0 Å². The van der Waals surface area contributed by atoms with E-state index in [1.807, 2.05) is 6.07 Å². The lowest BCUT2D eigenvalue weighted by atomic mass is 9.95. The molecule has 1 N–H and O–H groups in total. The van der Waals surface area contributed by atoms with Crippen LogP contribution in [0.2, 0.25) is 5.02 Å². The molecule has 1 heterocycles. The van der Waals surface area contributed by atoms with Gasteiger partial charge < -0.3 is 5.32 Å². The van der Waals surface area contributed by atoms with Gasteiger partial charge in [0.05, 0.1) is 6.04 Å². The first kappa shape index (κ1) is 13.6. The Balaban J connectivity index is 2.48. The summed E-state index contributed by atoms with van der Waals surface area (Å²) >= 11 is 7.93. The molecular weight excluding hydrogens is 262 g/mol. The van der Waals surface area contributed by atoms with E-state index >= 15 is 0 Å². The Morgan fingerprint density at radius 2 is 2.00 bits per heavy atom. The molecule has 3 heteroatoms. The van der Waals surface area contributed by atoms with Crippen molar-refractivity contribution in [3.05, 3.63) is 56.2 Å². The molecule has 18 heavy (non-hydrogen) atoms. The first-order valence-corrected chi connectivity index (χ1v) is 7.42. The zero-order chi connectivity index (χ0) is 13.1. The van der Waals surface area contributed by atoms with Crippen LogP contribution < -0.4 is 5.32 Å². The van der Waals surface area contributed by atoms with E-state index in [0.29, 0.717) is 0 Å². The van der Waals surface area contributed by atoms with Gasteiger partial charge in [-0.2, -0.15) is 0 Å². The van der Waals surface area contributed by atoms with E-state index < -0.39 is 0 Å². The van der Waals surface area contributed by atoms with Crippen molar-refractivity contribution >= 4 is 22.9 Å². The third-order valence-electron chi connectivity index (χ3n) is 3.17. The number of nitrogens with one attached hydrogen (secondary N) is 1. The number of thiophene rings is 1. The molecule has 1 nitrogen and oxygen atoms in total. The zero-order valence-electron chi connectivity index (χ0n) is 11.0. The van der Waals surface area contributed by atoms with Crippen LogP contribution in [0, 0.1) is 13.8 Å². The third kappa shape index (κ3) is 2.77. The quantitative estimate of drug-likeness (QED) is 0.854. The fraction of sp³-hybridized carbons (Fsp3) is 0.333. The lowest BCUT2D eigenvalue weighted by Crippen LogP contribution is -2.22. The van der Waals surface area contributed by atoms with Gasteiger partial charge in [-0.1, -0.05) is 24.6 Å². The summed E-state index contributed by atoms with van der Waals surface area (Å²) in [7, 11) is 0. The van der Waals surface area contributed by atoms with E-state index in [4.69, 9.17) is 11.6 Å². The van der Waals surface area contributed by atoms with Gasteiger partial charge in [0.15, 0.2) is 0 Å². The molecule has 1 aromatic heterocycles. The molecule has 0 fully saturated rings. The van der Waals surface area contributed by atoms with E-state index in [1.165, 1.54) is 21.6 Å². The van der Waals surface area contributed by atoms with E-state index in [2.05, 4.69) is 49.7 Å². The highest BCUT2D eigenvalue weighted by Gasteiger charge is 2.18. The second-order valence-corrected chi connectivity index (χ2v) is 5.98. The molecule has 0 spiro atoms. The Bertz CT molecular complexity index is 533. The minimum absolute atomic E-state index is 0.236. The predicted octanol–water partition coefficient (Wildman–Crippen LogP) is 4.72. The van der Waals surface area contributed by atoms with E-state index in [0.717, 1.165) is 11.6 Å². The minimum atomic E-state index is 0.236. The van der Waals surface area contributed by atoms with Gasteiger partial charge in [-0.15, -0.1) is 11.3 Å². The van der Waals surface area contributed by atoms with Crippen molar-refractivity contribution < 1.29 is 0 Å². The van der Waals surface area contributed by atoms with Gasteiger partial charge in [0.25, 0.3) is 0 Å². The molecule has 0 aliphatic heterocycles. The summed E-state index contributed by atoms with van der Waals surface area (Å²) in [6.45, 7) is 7.38. The Labute approximate surface area is 118 Å². The molecule has 96 valence electrons. The standard InChI is InChI=1S/C15H18ClNS/c1-4-17-15(13-7-8-18-11(13)3)14-9-12(16)6-5-10(14)2/h5-9,15,17H,4H2,1-3H3. The predicted molar refractivity (Wildman–Crippen MR) is 80.8 cm³/mol. The SMILES string of the molecule is CCNC(c1cc(Cl)ccc1C)c1ccsc1C. The van der Waals surface area contributed by atoms with Crippen molar-refractivity contribution in [1.82, 2.24) is 5.32 Å². The smallest absolute Gasteiger partial charge is 0.0590 e. The number of hydrogen-bond donors (Lipinski definition) is 1. The molecule has 0 saturated carbocycles. The molecule has 1 aromatic carbocycles. The van der Waals surface area contributed by atoms with Crippen LogP contribution in [0.4, 0.5) is 0 Å². The maximum atomic E-state index is 6.14. The molecule has 0 amide bonds. The molecule has 0 aliphatic rings. The topological polar surface area (TPSA) is 12.0 Å². The average Bonchev–Trinajstić information content (AvgIpc) is 2.76. The maximum absolute atomic E-state index is 6.14. The zero-order valence-corrected chi connectivity index (χ0v) is 12.5. The van der Waals surface area contributed by atoms with Crippen molar-refractivity contribution in [3.8, 4) is 0 Å². The average molecular weight is 280 g/mol. The van der Waals surface area contributed by atoms with Crippen LogP contribution in [0.15, 0.2) is 29.6 Å². The summed E-state index contributed by atoms with van der Waals surface area (Å²) < 4.78 is 0. The van der Waals surface area contributed by atoms with E-state index in [1.54, 1.807) is 11.3 Å². The number of aryl methyl sites for hydroxylation is 2. The highest BCUT2D eigenvalue weighted by molar-refractivity contribution is 7.10. The minimum Gasteiger partial charge on any atom is -0.306 e. The van der Waals surface area contributed by atoms with Crippen LogP contribution in [0.25, 0.3) is 0 Å². The summed E-state index contributed by atoms with van der Waals surface area (Å²) in [5.41, 5.74) is 3.90. The molecule has 2 aromatic rings. The van der Waals surface area contributed by atoms with Gasteiger partial charge in [-0.3, -0.25) is 0 Å². The first-order valence-electron chi connectivity index (χ1n) is 6.17. The number of hydrogen-bond acceptors (Lipinski definition) is 2. The molecule has 0 radical (unpaired) electrons. The molecule has 1 atom stereocenters. The Morgan fingerprint density at radius 1 is 1.22 bits per heavy atom. The van der Waals surface area contributed by atoms with Gasteiger partial charge in [0.2, 0.25) is 0 Å². The summed E-state index contributed by atoms with van der Waals surface area (Å²) in [6, 6.07) is 8.54. The molecule has 1 unspecified atom stereocenters. The normalized spacial score (nSPS) is 12.7. The number of rotatable bonds is 4. The van der Waals surface area contributed by atoms with Gasteiger partial charge in [-0.05, 0) is 60.7 Å². The van der Waals surface area contributed by atoms with E-state index in [-0.39, 0.29) is 6.04 Å². The summed E-state index contributed by atoms with van der Waals surface area (Å²) in [5.74, 6) is 0. The number of halogens is 1. The van der Waals surface area contributed by atoms with E-state index in [9.17, 15) is 0 Å². The van der Waals surface area contributed by atoms with Crippen molar-refractivity contribution in [2.75, 3.05) is 6.54 Å². The Kier molecular flexibility index (Phi) is 4.44. The molecule has 0 aliphatic carbocycles. The van der Waals surface area contributed by atoms with Gasteiger partial charge in [0.1, 0.15) is 0 Å². The van der Waals surface area contributed by atoms with Crippen LogP contribution in [0.1, 0.15) is 34.5 Å².